The van der Waals surface area contributed by atoms with Crippen molar-refractivity contribution in [1.29, 1.82) is 0 Å². The minimum absolute atomic E-state index is 0.111. The highest BCUT2D eigenvalue weighted by molar-refractivity contribution is 8.18. The fourth-order valence-electron chi connectivity index (χ4n) is 2.31. The molecule has 1 aliphatic rings. The molecule has 0 atom stereocenters. The maximum atomic E-state index is 12.2. The van der Waals surface area contributed by atoms with Gasteiger partial charge in [-0.2, -0.15) is 0 Å². The third-order valence-corrected chi connectivity index (χ3v) is 4.42. The van der Waals surface area contributed by atoms with E-state index < -0.39 is 11.9 Å². The van der Waals surface area contributed by atoms with Crippen molar-refractivity contribution in [3.8, 4) is 5.75 Å². The van der Waals surface area contributed by atoms with Crippen LogP contribution in [0.15, 0.2) is 58.4 Å². The van der Waals surface area contributed by atoms with Crippen LogP contribution in [0.3, 0.4) is 0 Å². The molecule has 0 aromatic heterocycles. The summed E-state index contributed by atoms with van der Waals surface area (Å²) >= 11 is 1.13. The average Bonchev–Trinajstić information content (AvgIpc) is 2.99. The topological polar surface area (TPSA) is 131 Å². The predicted octanol–water partition coefficient (Wildman–Crippen LogP) is 2.14. The number of primary amides is 1. The van der Waals surface area contributed by atoms with Gasteiger partial charge >= 0.3 is 5.97 Å². The number of carbonyl (C=O) groups is 3. The van der Waals surface area contributed by atoms with Gasteiger partial charge in [-0.3, -0.25) is 9.59 Å². The first kappa shape index (κ1) is 19.2. The van der Waals surface area contributed by atoms with E-state index in [-0.39, 0.29) is 18.1 Å². The second-order valence-electron chi connectivity index (χ2n) is 5.66. The second-order valence-corrected chi connectivity index (χ2v) is 6.70. The zero-order valence-electron chi connectivity index (χ0n) is 14.4. The van der Waals surface area contributed by atoms with Crippen molar-refractivity contribution >= 4 is 46.5 Å². The number of rotatable bonds is 6. The van der Waals surface area contributed by atoms with Gasteiger partial charge in [0, 0.05) is 0 Å². The number of amides is 2. The number of thioether (sulfide) groups is 1. The molecule has 2 aromatic carbocycles. The summed E-state index contributed by atoms with van der Waals surface area (Å²) in [5.41, 5.74) is 6.29. The number of ether oxygens (including phenoxy) is 1. The van der Waals surface area contributed by atoms with E-state index >= 15 is 0 Å². The molecule has 28 heavy (non-hydrogen) atoms. The standard InChI is InChI=1S/C19H15N3O5S/c20-16(23)10-27-14-6-1-3-11(7-14)8-15-17(24)22-19(28-15)21-13-5-2-4-12(9-13)18(25)26/h1-9H,10H2,(H2,20,23)(H,25,26)(H,21,22,24). The molecule has 0 unspecified atom stereocenters. The molecule has 1 aliphatic heterocycles. The molecule has 0 bridgehead atoms. The maximum Gasteiger partial charge on any atom is 0.335 e. The summed E-state index contributed by atoms with van der Waals surface area (Å²) in [6.07, 6.45) is 1.66. The fraction of sp³-hybridized carbons (Fsp3) is 0.0526. The number of hydrogen-bond donors (Lipinski definition) is 3. The number of carboxylic acid groups (broad SMARTS) is 1. The molecule has 3 rings (SSSR count). The summed E-state index contributed by atoms with van der Waals surface area (Å²) in [4.78, 5) is 38.7. The number of carboxylic acids is 1. The van der Waals surface area contributed by atoms with Crippen LogP contribution in [0.4, 0.5) is 5.69 Å². The van der Waals surface area contributed by atoms with E-state index in [1.165, 1.54) is 12.1 Å². The highest BCUT2D eigenvalue weighted by Crippen LogP contribution is 2.29. The van der Waals surface area contributed by atoms with E-state index in [1.54, 1.807) is 42.5 Å². The molecule has 0 aliphatic carbocycles. The Morgan fingerprint density at radius 2 is 2.00 bits per heavy atom. The smallest absolute Gasteiger partial charge is 0.335 e. The molecule has 1 heterocycles. The van der Waals surface area contributed by atoms with Crippen LogP contribution < -0.4 is 15.8 Å². The van der Waals surface area contributed by atoms with Crippen molar-refractivity contribution in [2.45, 2.75) is 0 Å². The van der Waals surface area contributed by atoms with Crippen LogP contribution >= 0.6 is 11.8 Å². The van der Waals surface area contributed by atoms with E-state index in [9.17, 15) is 14.4 Å². The number of aromatic carboxylic acids is 1. The Bertz CT molecular complexity index is 1020. The number of nitrogens with zero attached hydrogens (tertiary/aromatic N) is 1. The molecule has 9 heteroatoms. The summed E-state index contributed by atoms with van der Waals surface area (Å²) in [6, 6.07) is 13.0. The summed E-state index contributed by atoms with van der Waals surface area (Å²) in [5, 5.41) is 12.0. The Labute approximate surface area is 164 Å². The SMILES string of the molecule is NC(=O)COc1cccc(C=C2SC(=Nc3cccc(C(=O)O)c3)NC2=O)c1. The van der Waals surface area contributed by atoms with Gasteiger partial charge in [-0.25, -0.2) is 9.79 Å². The molecule has 2 amide bonds. The number of hydrogen-bond acceptors (Lipinski definition) is 6. The molecular formula is C19H15N3O5S. The van der Waals surface area contributed by atoms with E-state index in [4.69, 9.17) is 15.6 Å². The average molecular weight is 397 g/mol. The van der Waals surface area contributed by atoms with Crippen molar-refractivity contribution in [3.63, 3.8) is 0 Å². The molecule has 1 saturated heterocycles. The van der Waals surface area contributed by atoms with Crippen molar-refractivity contribution in [1.82, 2.24) is 5.32 Å². The van der Waals surface area contributed by atoms with Crippen molar-refractivity contribution in [3.05, 3.63) is 64.6 Å². The van der Waals surface area contributed by atoms with E-state index in [0.29, 0.717) is 27.1 Å². The summed E-state index contributed by atoms with van der Waals surface area (Å²) in [5.74, 6) is -1.50. The van der Waals surface area contributed by atoms with Gasteiger partial charge in [0.05, 0.1) is 16.2 Å². The maximum absolute atomic E-state index is 12.2. The van der Waals surface area contributed by atoms with Crippen molar-refractivity contribution in [2.24, 2.45) is 10.7 Å². The van der Waals surface area contributed by atoms with Crippen molar-refractivity contribution in [2.75, 3.05) is 6.61 Å². The van der Waals surface area contributed by atoms with Crippen LogP contribution in [0.5, 0.6) is 5.75 Å². The lowest BCUT2D eigenvalue weighted by molar-refractivity contribution is -0.120. The highest BCUT2D eigenvalue weighted by Gasteiger charge is 2.24. The quantitative estimate of drug-likeness (QED) is 0.640. The molecule has 1 fully saturated rings. The largest absolute Gasteiger partial charge is 0.484 e. The minimum Gasteiger partial charge on any atom is -0.484 e. The second kappa shape index (κ2) is 8.40. The lowest BCUT2D eigenvalue weighted by Crippen LogP contribution is -2.20. The van der Waals surface area contributed by atoms with Crippen LogP contribution in [0, 0.1) is 0 Å². The van der Waals surface area contributed by atoms with E-state index in [2.05, 4.69) is 10.3 Å². The lowest BCUT2D eigenvalue weighted by atomic mass is 10.2. The Kier molecular flexibility index (Phi) is 5.75. The van der Waals surface area contributed by atoms with E-state index in [0.717, 1.165) is 11.8 Å². The van der Waals surface area contributed by atoms with Gasteiger partial charge in [-0.1, -0.05) is 18.2 Å². The first-order valence-corrected chi connectivity index (χ1v) is 8.86. The molecular weight excluding hydrogens is 382 g/mol. The number of aliphatic imine (C=N–C) groups is 1. The Hall–Kier alpha value is -3.59. The minimum atomic E-state index is -1.05. The number of amidine groups is 1. The normalized spacial score (nSPS) is 16.2. The summed E-state index contributed by atoms with van der Waals surface area (Å²) < 4.78 is 5.25. The highest BCUT2D eigenvalue weighted by atomic mass is 32.2. The zero-order valence-corrected chi connectivity index (χ0v) is 15.2. The first-order chi connectivity index (χ1) is 13.4. The number of carbonyl (C=O) groups excluding carboxylic acids is 2. The van der Waals surface area contributed by atoms with Gasteiger partial charge in [0.2, 0.25) is 0 Å². The van der Waals surface area contributed by atoms with Gasteiger partial charge in [0.1, 0.15) is 5.75 Å². The van der Waals surface area contributed by atoms with Gasteiger partial charge in [-0.15, -0.1) is 0 Å². The zero-order chi connectivity index (χ0) is 20.1. The number of nitrogens with two attached hydrogens (primary N) is 1. The molecule has 142 valence electrons. The van der Waals surface area contributed by atoms with Crippen LogP contribution in [0.25, 0.3) is 6.08 Å². The molecule has 0 radical (unpaired) electrons. The third kappa shape index (κ3) is 4.98. The Morgan fingerprint density at radius 1 is 1.21 bits per heavy atom. The lowest BCUT2D eigenvalue weighted by Gasteiger charge is -2.04. The number of benzene rings is 2. The van der Waals surface area contributed by atoms with Crippen LogP contribution in [0.2, 0.25) is 0 Å². The van der Waals surface area contributed by atoms with Gasteiger partial charge in [0.25, 0.3) is 11.8 Å². The van der Waals surface area contributed by atoms with Crippen LogP contribution in [-0.2, 0) is 9.59 Å². The monoisotopic (exact) mass is 397 g/mol. The van der Waals surface area contributed by atoms with Gasteiger partial charge in [-0.05, 0) is 53.7 Å². The predicted molar refractivity (Wildman–Crippen MR) is 105 cm³/mol. The Morgan fingerprint density at radius 3 is 2.75 bits per heavy atom. The fourth-order valence-corrected chi connectivity index (χ4v) is 3.15. The van der Waals surface area contributed by atoms with Gasteiger partial charge < -0.3 is 20.9 Å². The van der Waals surface area contributed by atoms with E-state index in [1.807, 2.05) is 0 Å². The summed E-state index contributed by atoms with van der Waals surface area (Å²) in [7, 11) is 0. The van der Waals surface area contributed by atoms with Crippen LogP contribution in [0.1, 0.15) is 15.9 Å². The molecule has 2 aromatic rings. The van der Waals surface area contributed by atoms with Gasteiger partial charge in [0.15, 0.2) is 11.8 Å². The molecule has 4 N–H and O–H groups in total. The first-order valence-electron chi connectivity index (χ1n) is 8.05. The van der Waals surface area contributed by atoms with Crippen molar-refractivity contribution < 1.29 is 24.2 Å². The van der Waals surface area contributed by atoms with Crippen LogP contribution in [-0.4, -0.2) is 34.7 Å². The molecule has 8 nitrogen and oxygen atoms in total. The summed E-state index contributed by atoms with van der Waals surface area (Å²) in [6.45, 7) is -0.235. The molecule has 0 saturated carbocycles. The number of nitrogens with one attached hydrogen (secondary N) is 1. The Balaban J connectivity index is 1.77. The molecule has 0 spiro atoms. The third-order valence-electron chi connectivity index (χ3n) is 3.51.